The highest BCUT2D eigenvalue weighted by Gasteiger charge is 2.21. The van der Waals surface area contributed by atoms with Gasteiger partial charge in [-0.1, -0.05) is 26.8 Å². The Morgan fingerprint density at radius 3 is 2.62 bits per heavy atom. The third-order valence-corrected chi connectivity index (χ3v) is 3.75. The van der Waals surface area contributed by atoms with Crippen LogP contribution in [-0.2, 0) is 6.42 Å². The topological polar surface area (TPSA) is 17.1 Å². The summed E-state index contributed by atoms with van der Waals surface area (Å²) in [4.78, 5) is 12.0. The molecule has 0 spiro atoms. The second kappa shape index (κ2) is 4.04. The number of hydrogen-bond donors (Lipinski definition) is 0. The standard InChI is InChI=1S/C15H20O/c1-9(2)13-8-14-10(3)5-6-12(14)11(4)7-15(13)16/h7-10H,5-6H2,1-4H3. The van der Waals surface area contributed by atoms with E-state index >= 15 is 0 Å². The van der Waals surface area contributed by atoms with Crippen LogP contribution in [0.5, 0.6) is 0 Å². The number of aryl methyl sites for hydroxylation is 1. The zero-order valence-electron chi connectivity index (χ0n) is 10.6. The molecule has 0 aliphatic heterocycles. The van der Waals surface area contributed by atoms with Gasteiger partial charge in [0, 0.05) is 5.56 Å². The molecule has 0 saturated heterocycles. The zero-order chi connectivity index (χ0) is 11.9. The number of hydrogen-bond acceptors (Lipinski definition) is 1. The first-order valence-corrected chi connectivity index (χ1v) is 6.18. The minimum Gasteiger partial charge on any atom is -0.290 e. The predicted octanol–water partition coefficient (Wildman–Crippen LogP) is 3.53. The Morgan fingerprint density at radius 1 is 1.31 bits per heavy atom. The SMILES string of the molecule is Cc1cc(=O)c(C(C)C)cc2c1CCC2C. The van der Waals surface area contributed by atoms with E-state index in [4.69, 9.17) is 0 Å². The van der Waals surface area contributed by atoms with E-state index in [0.717, 1.165) is 12.0 Å². The summed E-state index contributed by atoms with van der Waals surface area (Å²) >= 11 is 0. The summed E-state index contributed by atoms with van der Waals surface area (Å²) in [5.41, 5.74) is 5.17. The van der Waals surface area contributed by atoms with E-state index in [-0.39, 0.29) is 5.43 Å². The minimum absolute atomic E-state index is 0.203. The predicted molar refractivity (Wildman–Crippen MR) is 68.3 cm³/mol. The molecule has 0 fully saturated rings. The summed E-state index contributed by atoms with van der Waals surface area (Å²) in [6.07, 6.45) is 2.36. The first kappa shape index (κ1) is 11.4. The highest BCUT2D eigenvalue weighted by molar-refractivity contribution is 5.41. The second-order valence-corrected chi connectivity index (χ2v) is 5.32. The lowest BCUT2D eigenvalue weighted by Gasteiger charge is -2.05. The van der Waals surface area contributed by atoms with E-state index in [1.807, 2.05) is 6.07 Å². The third-order valence-electron chi connectivity index (χ3n) is 3.75. The molecule has 1 aliphatic carbocycles. The lowest BCUT2D eigenvalue weighted by Crippen LogP contribution is -2.06. The van der Waals surface area contributed by atoms with Crippen molar-refractivity contribution in [2.75, 3.05) is 0 Å². The van der Waals surface area contributed by atoms with Crippen molar-refractivity contribution in [2.45, 2.75) is 52.4 Å². The summed E-state index contributed by atoms with van der Waals surface area (Å²) < 4.78 is 0. The molecule has 0 saturated carbocycles. The Hall–Kier alpha value is -1.11. The smallest absolute Gasteiger partial charge is 0.182 e. The van der Waals surface area contributed by atoms with Crippen LogP contribution in [0.4, 0.5) is 0 Å². The van der Waals surface area contributed by atoms with Crippen LogP contribution in [0.1, 0.15) is 61.3 Å². The molecule has 0 N–H and O–H groups in total. The molecule has 0 aromatic heterocycles. The third kappa shape index (κ3) is 1.79. The van der Waals surface area contributed by atoms with Gasteiger partial charge in [0.15, 0.2) is 5.43 Å². The summed E-state index contributed by atoms with van der Waals surface area (Å²) in [6.45, 7) is 8.53. The van der Waals surface area contributed by atoms with E-state index in [1.165, 1.54) is 23.1 Å². The van der Waals surface area contributed by atoms with Crippen molar-refractivity contribution in [1.29, 1.82) is 0 Å². The molecule has 0 radical (unpaired) electrons. The van der Waals surface area contributed by atoms with Crippen LogP contribution < -0.4 is 5.43 Å². The highest BCUT2D eigenvalue weighted by Crippen LogP contribution is 2.34. The second-order valence-electron chi connectivity index (χ2n) is 5.32. The molecule has 0 bridgehead atoms. The summed E-state index contributed by atoms with van der Waals surface area (Å²) in [5, 5.41) is 0. The Bertz CT molecular complexity index is 472. The van der Waals surface area contributed by atoms with Crippen LogP contribution in [0.3, 0.4) is 0 Å². The molecule has 1 atom stereocenters. The minimum atomic E-state index is 0.203. The molecule has 1 aromatic rings. The molecule has 1 aromatic carbocycles. The Labute approximate surface area is 97.5 Å². The molecule has 0 amide bonds. The van der Waals surface area contributed by atoms with Crippen LogP contribution in [-0.4, -0.2) is 0 Å². The van der Waals surface area contributed by atoms with Gasteiger partial charge in [0.25, 0.3) is 0 Å². The van der Waals surface area contributed by atoms with Gasteiger partial charge < -0.3 is 0 Å². The molecular formula is C15H20O. The van der Waals surface area contributed by atoms with Crippen LogP contribution in [0.15, 0.2) is 16.9 Å². The van der Waals surface area contributed by atoms with E-state index in [2.05, 4.69) is 33.8 Å². The molecule has 16 heavy (non-hydrogen) atoms. The van der Waals surface area contributed by atoms with Gasteiger partial charge in [-0.15, -0.1) is 0 Å². The largest absolute Gasteiger partial charge is 0.290 e. The maximum absolute atomic E-state index is 12.0. The van der Waals surface area contributed by atoms with E-state index in [9.17, 15) is 4.79 Å². The molecule has 1 nitrogen and oxygen atoms in total. The fraction of sp³-hybridized carbons (Fsp3) is 0.533. The zero-order valence-corrected chi connectivity index (χ0v) is 10.6. The van der Waals surface area contributed by atoms with E-state index in [0.29, 0.717) is 11.8 Å². The van der Waals surface area contributed by atoms with Gasteiger partial charge in [0.2, 0.25) is 0 Å². The van der Waals surface area contributed by atoms with Crippen molar-refractivity contribution >= 4 is 0 Å². The van der Waals surface area contributed by atoms with Gasteiger partial charge in [-0.25, -0.2) is 0 Å². The molecule has 0 heterocycles. The average Bonchev–Trinajstić information content (AvgIpc) is 2.49. The fourth-order valence-corrected chi connectivity index (χ4v) is 2.67. The molecular weight excluding hydrogens is 196 g/mol. The van der Waals surface area contributed by atoms with Crippen molar-refractivity contribution in [2.24, 2.45) is 0 Å². The van der Waals surface area contributed by atoms with Crippen molar-refractivity contribution in [1.82, 2.24) is 0 Å². The Balaban J connectivity index is 2.75. The molecule has 1 unspecified atom stereocenters. The summed E-state index contributed by atoms with van der Waals surface area (Å²) in [7, 11) is 0. The quantitative estimate of drug-likeness (QED) is 0.702. The van der Waals surface area contributed by atoms with Crippen LogP contribution in [0.2, 0.25) is 0 Å². The van der Waals surface area contributed by atoms with Gasteiger partial charge in [0.1, 0.15) is 0 Å². The maximum atomic E-state index is 12.0. The molecule has 1 heteroatoms. The first-order chi connectivity index (χ1) is 7.50. The lowest BCUT2D eigenvalue weighted by atomic mass is 9.99. The van der Waals surface area contributed by atoms with E-state index < -0.39 is 0 Å². The molecule has 1 aliphatic rings. The maximum Gasteiger partial charge on any atom is 0.182 e. The van der Waals surface area contributed by atoms with Gasteiger partial charge in [-0.2, -0.15) is 0 Å². The summed E-state index contributed by atoms with van der Waals surface area (Å²) in [6, 6.07) is 3.99. The highest BCUT2D eigenvalue weighted by atomic mass is 16.1. The number of rotatable bonds is 1. The normalized spacial score (nSPS) is 18.9. The van der Waals surface area contributed by atoms with Crippen molar-refractivity contribution in [3.8, 4) is 0 Å². The van der Waals surface area contributed by atoms with Crippen LogP contribution in [0.25, 0.3) is 0 Å². The van der Waals surface area contributed by atoms with Crippen molar-refractivity contribution < 1.29 is 0 Å². The van der Waals surface area contributed by atoms with Crippen molar-refractivity contribution in [3.63, 3.8) is 0 Å². The number of fused-ring (bicyclic) bond motifs is 1. The lowest BCUT2D eigenvalue weighted by molar-refractivity contribution is 0.743. The monoisotopic (exact) mass is 216 g/mol. The first-order valence-electron chi connectivity index (χ1n) is 6.18. The Morgan fingerprint density at radius 2 is 2.00 bits per heavy atom. The van der Waals surface area contributed by atoms with Crippen LogP contribution in [0, 0.1) is 6.92 Å². The average molecular weight is 216 g/mol. The fourth-order valence-electron chi connectivity index (χ4n) is 2.67. The molecule has 86 valence electrons. The van der Waals surface area contributed by atoms with Gasteiger partial charge >= 0.3 is 0 Å². The van der Waals surface area contributed by atoms with Crippen LogP contribution >= 0.6 is 0 Å². The Kier molecular flexibility index (Phi) is 2.88. The molecule has 2 rings (SSSR count). The van der Waals surface area contributed by atoms with Gasteiger partial charge in [-0.05, 0) is 54.4 Å². The van der Waals surface area contributed by atoms with Gasteiger partial charge in [-0.3, -0.25) is 4.79 Å². The van der Waals surface area contributed by atoms with Gasteiger partial charge in [0.05, 0.1) is 0 Å². The van der Waals surface area contributed by atoms with Crippen molar-refractivity contribution in [3.05, 3.63) is 44.6 Å². The summed E-state index contributed by atoms with van der Waals surface area (Å²) in [5.74, 6) is 0.925. The van der Waals surface area contributed by atoms with E-state index in [1.54, 1.807) is 0 Å².